The zero-order valence-electron chi connectivity index (χ0n) is 11.4. The molecule has 0 aliphatic heterocycles. The second-order valence-electron chi connectivity index (χ2n) is 4.57. The molecule has 2 aromatic heterocycles. The normalized spacial score (nSPS) is 11.5. The SMILES string of the molecule is CS(=O)(=O)c1ncc(-c2coc(-c3ccc(F)cc3)n2)cn1. The average Bonchev–Trinajstić information content (AvgIpc) is 2.97. The van der Waals surface area contributed by atoms with Gasteiger partial charge in [0.2, 0.25) is 20.9 Å². The Bertz CT molecular complexity index is 903. The van der Waals surface area contributed by atoms with E-state index in [1.165, 1.54) is 30.8 Å². The third-order valence-corrected chi connectivity index (χ3v) is 3.73. The molecule has 2 heterocycles. The van der Waals surface area contributed by atoms with Crippen molar-refractivity contribution >= 4 is 9.84 Å². The van der Waals surface area contributed by atoms with Crippen LogP contribution >= 0.6 is 0 Å². The zero-order chi connectivity index (χ0) is 15.7. The highest BCUT2D eigenvalue weighted by atomic mass is 32.2. The molecule has 8 heteroatoms. The molecule has 0 amide bonds. The van der Waals surface area contributed by atoms with E-state index >= 15 is 0 Å². The van der Waals surface area contributed by atoms with Crippen molar-refractivity contribution in [3.8, 4) is 22.7 Å². The minimum Gasteiger partial charge on any atom is -0.444 e. The molecule has 0 fully saturated rings. The number of nitrogens with zero attached hydrogens (tertiary/aromatic N) is 3. The van der Waals surface area contributed by atoms with Crippen LogP contribution in [0.3, 0.4) is 0 Å². The van der Waals surface area contributed by atoms with Crippen molar-refractivity contribution in [2.45, 2.75) is 5.16 Å². The molecule has 0 radical (unpaired) electrons. The van der Waals surface area contributed by atoms with Crippen LogP contribution in [0.15, 0.2) is 52.5 Å². The third kappa shape index (κ3) is 2.86. The Hall–Kier alpha value is -2.61. The molecular formula is C14H10FN3O3S. The number of rotatable bonds is 3. The lowest BCUT2D eigenvalue weighted by atomic mass is 10.2. The second kappa shape index (κ2) is 5.30. The molecule has 0 spiro atoms. The molecule has 3 aromatic rings. The number of sulfone groups is 1. The van der Waals surface area contributed by atoms with Crippen molar-refractivity contribution in [3.63, 3.8) is 0 Å². The van der Waals surface area contributed by atoms with Gasteiger partial charge in [-0.2, -0.15) is 0 Å². The predicted molar refractivity (Wildman–Crippen MR) is 76.0 cm³/mol. The van der Waals surface area contributed by atoms with E-state index in [9.17, 15) is 12.8 Å². The highest BCUT2D eigenvalue weighted by Crippen LogP contribution is 2.24. The molecule has 0 saturated carbocycles. The van der Waals surface area contributed by atoms with Crippen molar-refractivity contribution in [1.29, 1.82) is 0 Å². The highest BCUT2D eigenvalue weighted by molar-refractivity contribution is 7.90. The van der Waals surface area contributed by atoms with Crippen LogP contribution in [0.5, 0.6) is 0 Å². The Morgan fingerprint density at radius 3 is 2.27 bits per heavy atom. The standard InChI is InChI=1S/C14H10FN3O3S/c1-22(19,20)14-16-6-10(7-17-14)12-8-21-13(18-12)9-2-4-11(15)5-3-9/h2-8H,1H3. The van der Waals surface area contributed by atoms with Gasteiger partial charge in [0.25, 0.3) is 0 Å². The Balaban J connectivity index is 1.92. The third-order valence-electron chi connectivity index (χ3n) is 2.85. The van der Waals surface area contributed by atoms with Crippen LogP contribution in [0.25, 0.3) is 22.7 Å². The van der Waals surface area contributed by atoms with Crippen LogP contribution in [0.1, 0.15) is 0 Å². The van der Waals surface area contributed by atoms with Gasteiger partial charge in [-0.3, -0.25) is 0 Å². The molecule has 0 atom stereocenters. The highest BCUT2D eigenvalue weighted by Gasteiger charge is 2.13. The van der Waals surface area contributed by atoms with Gasteiger partial charge in [-0.1, -0.05) is 0 Å². The number of hydrogen-bond acceptors (Lipinski definition) is 6. The molecule has 1 aromatic carbocycles. The molecule has 0 saturated heterocycles. The number of oxazole rings is 1. The lowest BCUT2D eigenvalue weighted by Crippen LogP contribution is -2.03. The molecule has 0 aliphatic carbocycles. The fourth-order valence-corrected chi connectivity index (χ4v) is 2.26. The first-order valence-corrected chi connectivity index (χ1v) is 8.06. The summed E-state index contributed by atoms with van der Waals surface area (Å²) in [6.45, 7) is 0. The first kappa shape index (κ1) is 14.3. The maximum Gasteiger partial charge on any atom is 0.246 e. The quantitative estimate of drug-likeness (QED) is 0.689. The van der Waals surface area contributed by atoms with E-state index in [0.717, 1.165) is 6.26 Å². The average molecular weight is 319 g/mol. The van der Waals surface area contributed by atoms with Gasteiger partial charge >= 0.3 is 0 Å². The summed E-state index contributed by atoms with van der Waals surface area (Å²) in [5.74, 6) is -0.0255. The van der Waals surface area contributed by atoms with Crippen LogP contribution in [0.2, 0.25) is 0 Å². The van der Waals surface area contributed by atoms with E-state index in [-0.39, 0.29) is 11.0 Å². The molecule has 0 bridgehead atoms. The summed E-state index contributed by atoms with van der Waals surface area (Å²) in [5, 5.41) is -0.251. The molecule has 112 valence electrons. The van der Waals surface area contributed by atoms with Gasteiger partial charge in [0.05, 0.1) is 0 Å². The Labute approximate surface area is 125 Å². The first-order chi connectivity index (χ1) is 10.4. The van der Waals surface area contributed by atoms with Crippen LogP contribution in [-0.4, -0.2) is 29.6 Å². The van der Waals surface area contributed by atoms with E-state index < -0.39 is 9.84 Å². The molecule has 0 unspecified atom stereocenters. The molecular weight excluding hydrogens is 309 g/mol. The number of halogens is 1. The largest absolute Gasteiger partial charge is 0.444 e. The lowest BCUT2D eigenvalue weighted by Gasteiger charge is -1.97. The number of hydrogen-bond donors (Lipinski definition) is 0. The Morgan fingerprint density at radius 1 is 1.05 bits per heavy atom. The van der Waals surface area contributed by atoms with Crippen molar-refractivity contribution in [1.82, 2.24) is 15.0 Å². The predicted octanol–water partition coefficient (Wildman–Crippen LogP) is 2.34. The zero-order valence-corrected chi connectivity index (χ0v) is 12.2. The van der Waals surface area contributed by atoms with Gasteiger partial charge in [-0.15, -0.1) is 0 Å². The van der Waals surface area contributed by atoms with Gasteiger partial charge in [0, 0.05) is 29.8 Å². The summed E-state index contributed by atoms with van der Waals surface area (Å²) in [7, 11) is -3.45. The van der Waals surface area contributed by atoms with Crippen LogP contribution in [-0.2, 0) is 9.84 Å². The number of benzene rings is 1. The van der Waals surface area contributed by atoms with Gasteiger partial charge < -0.3 is 4.42 Å². The van der Waals surface area contributed by atoms with E-state index in [4.69, 9.17) is 4.42 Å². The van der Waals surface area contributed by atoms with Crippen LogP contribution < -0.4 is 0 Å². The van der Waals surface area contributed by atoms with Crippen molar-refractivity contribution in [3.05, 3.63) is 48.7 Å². The second-order valence-corrected chi connectivity index (χ2v) is 6.48. The molecule has 6 nitrogen and oxygen atoms in total. The fraction of sp³-hybridized carbons (Fsp3) is 0.0714. The van der Waals surface area contributed by atoms with Crippen molar-refractivity contribution < 1.29 is 17.2 Å². The minimum atomic E-state index is -3.45. The molecule has 22 heavy (non-hydrogen) atoms. The van der Waals surface area contributed by atoms with Crippen LogP contribution in [0, 0.1) is 5.82 Å². The minimum absolute atomic E-state index is 0.251. The summed E-state index contributed by atoms with van der Waals surface area (Å²) in [6, 6.07) is 5.72. The van der Waals surface area contributed by atoms with Gasteiger partial charge in [0.15, 0.2) is 0 Å². The lowest BCUT2D eigenvalue weighted by molar-refractivity contribution is 0.574. The number of aromatic nitrogens is 3. The molecule has 0 aliphatic rings. The summed E-state index contributed by atoms with van der Waals surface area (Å²) in [6.07, 6.45) is 5.15. The fourth-order valence-electron chi connectivity index (χ4n) is 1.77. The first-order valence-electron chi connectivity index (χ1n) is 6.17. The topological polar surface area (TPSA) is 86.0 Å². The maximum atomic E-state index is 12.9. The van der Waals surface area contributed by atoms with Gasteiger partial charge in [-0.05, 0) is 24.3 Å². The van der Waals surface area contributed by atoms with Gasteiger partial charge in [0.1, 0.15) is 17.8 Å². The van der Waals surface area contributed by atoms with E-state index in [2.05, 4.69) is 15.0 Å². The maximum absolute atomic E-state index is 12.9. The molecule has 0 N–H and O–H groups in total. The van der Waals surface area contributed by atoms with Crippen LogP contribution in [0.4, 0.5) is 4.39 Å². The Kier molecular flexibility index (Phi) is 3.45. The van der Waals surface area contributed by atoms with Gasteiger partial charge in [-0.25, -0.2) is 27.8 Å². The molecule has 3 rings (SSSR count). The summed E-state index contributed by atoms with van der Waals surface area (Å²) >= 11 is 0. The summed E-state index contributed by atoms with van der Waals surface area (Å²) < 4.78 is 40.8. The van der Waals surface area contributed by atoms with E-state index in [1.54, 1.807) is 12.1 Å². The summed E-state index contributed by atoms with van der Waals surface area (Å²) in [5.41, 5.74) is 1.60. The van der Waals surface area contributed by atoms with E-state index in [1.807, 2.05) is 0 Å². The van der Waals surface area contributed by atoms with E-state index in [0.29, 0.717) is 22.7 Å². The summed E-state index contributed by atoms with van der Waals surface area (Å²) in [4.78, 5) is 11.8. The van der Waals surface area contributed by atoms with Crippen molar-refractivity contribution in [2.24, 2.45) is 0 Å². The Morgan fingerprint density at radius 2 is 1.68 bits per heavy atom. The monoisotopic (exact) mass is 319 g/mol. The van der Waals surface area contributed by atoms with Crippen molar-refractivity contribution in [2.75, 3.05) is 6.26 Å². The smallest absolute Gasteiger partial charge is 0.246 e.